The van der Waals surface area contributed by atoms with Crippen LogP contribution in [-0.4, -0.2) is 0 Å². The Bertz CT molecular complexity index is 7610. The van der Waals surface area contributed by atoms with Crippen LogP contribution in [0.1, 0.15) is 0 Å². The average Bonchev–Trinajstić information content (AvgIpc) is 1.50. The van der Waals surface area contributed by atoms with Gasteiger partial charge in [-0.2, -0.15) is 0 Å². The van der Waals surface area contributed by atoms with Crippen molar-refractivity contribution in [3.8, 4) is 55.6 Å². The molecular weight excluding hydrogens is 1200 g/mol. The molecule has 2 aromatic heterocycles. The molecule has 0 aliphatic carbocycles. The number of benzene rings is 18. The van der Waals surface area contributed by atoms with Crippen LogP contribution < -0.4 is 0 Å². The Morgan fingerprint density at radius 2 is 0.531 bits per heavy atom. The van der Waals surface area contributed by atoms with E-state index in [2.05, 4.69) is 303 Å². The van der Waals surface area contributed by atoms with E-state index < -0.39 is 0 Å². The molecule has 446 valence electrons. The minimum Gasteiger partial charge on any atom is -0.456 e. The van der Waals surface area contributed by atoms with Gasteiger partial charge in [0, 0.05) is 30.9 Å². The lowest BCUT2D eigenvalue weighted by molar-refractivity contribution is 0.670. The zero-order valence-corrected chi connectivity index (χ0v) is 53.5. The smallest absolute Gasteiger partial charge is 0.136 e. The van der Waals surface area contributed by atoms with E-state index >= 15 is 0 Å². The third-order valence-electron chi connectivity index (χ3n) is 22.7. The van der Waals surface area contributed by atoms with Crippen LogP contribution in [0.3, 0.4) is 0 Å². The molecule has 2 heterocycles. The topological polar surface area (TPSA) is 13.1 Å². The maximum Gasteiger partial charge on any atom is 0.136 e. The first-order valence-electron chi connectivity index (χ1n) is 34.1. The summed E-state index contributed by atoms with van der Waals surface area (Å²) in [4.78, 5) is 0. The van der Waals surface area contributed by atoms with Crippen LogP contribution in [0.4, 0.5) is 0 Å². The van der Waals surface area contributed by atoms with E-state index in [0.717, 1.165) is 33.1 Å². The maximum absolute atomic E-state index is 7.33. The van der Waals surface area contributed by atoms with Gasteiger partial charge in [0.2, 0.25) is 0 Å². The Morgan fingerprint density at radius 3 is 1.08 bits per heavy atom. The SMILES string of the molecule is c1ccc(-c2c3cc4c5ccccc5c5cccc(c3c(-c3ccccc3)c3c6cccc7c8c(cc(c23)c67)oc2cc(-c3ccc6c(c3)c3cccc7c9c(-c%10ccccc%10)c%10c%11cccc%12c%13c(cc(c%10c(-c%10ccccc%10)c9cc6c37)c%11%12)sc3ccccc3%13)ccc28)c54)cc1. The molecule has 0 spiro atoms. The summed E-state index contributed by atoms with van der Waals surface area (Å²) in [6.45, 7) is 0. The second-order valence-corrected chi connectivity index (χ2v) is 28.5. The lowest BCUT2D eigenvalue weighted by Gasteiger charge is -2.19. The summed E-state index contributed by atoms with van der Waals surface area (Å²) in [5.74, 6) is 0. The Hall–Kier alpha value is -12.5. The molecule has 0 fully saturated rings. The molecule has 0 saturated heterocycles. The Balaban J connectivity index is 0.749. The molecular formula is C96H50OS. The number of hydrogen-bond donors (Lipinski definition) is 0. The average molecular weight is 1250 g/mol. The predicted molar refractivity (Wildman–Crippen MR) is 424 cm³/mol. The molecule has 0 atom stereocenters. The summed E-state index contributed by atoms with van der Waals surface area (Å²) in [5.41, 5.74) is 14.1. The molecule has 0 bridgehead atoms. The van der Waals surface area contributed by atoms with Gasteiger partial charge in [0.05, 0.1) is 0 Å². The molecule has 1 nitrogen and oxygen atoms in total. The van der Waals surface area contributed by atoms with Crippen molar-refractivity contribution in [1.82, 2.24) is 0 Å². The van der Waals surface area contributed by atoms with Gasteiger partial charge in [0.1, 0.15) is 11.2 Å². The van der Waals surface area contributed by atoms with Crippen LogP contribution in [0.25, 0.3) is 249 Å². The Labute approximate surface area is 563 Å². The summed E-state index contributed by atoms with van der Waals surface area (Å²) >= 11 is 1.91. The van der Waals surface area contributed by atoms with Crippen LogP contribution in [0, 0.1) is 0 Å². The normalized spacial score (nSPS) is 12.7. The number of furan rings is 1. The van der Waals surface area contributed by atoms with E-state index in [9.17, 15) is 0 Å². The van der Waals surface area contributed by atoms with E-state index in [1.165, 1.54) is 215 Å². The van der Waals surface area contributed by atoms with Crippen molar-refractivity contribution >= 4 is 204 Å². The number of thiophene rings is 1. The lowest BCUT2D eigenvalue weighted by Crippen LogP contribution is -1.91. The number of fused-ring (bicyclic) bond motifs is 24. The summed E-state index contributed by atoms with van der Waals surface area (Å²) in [7, 11) is 0. The molecule has 0 amide bonds. The quantitative estimate of drug-likeness (QED) is 0.157. The third-order valence-corrected chi connectivity index (χ3v) is 23.8. The highest BCUT2D eigenvalue weighted by Gasteiger charge is 2.31. The molecule has 0 aliphatic heterocycles. The molecule has 2 heteroatoms. The third kappa shape index (κ3) is 6.52. The van der Waals surface area contributed by atoms with Crippen molar-refractivity contribution in [1.29, 1.82) is 0 Å². The van der Waals surface area contributed by atoms with Crippen LogP contribution >= 0.6 is 11.3 Å². The van der Waals surface area contributed by atoms with Crippen molar-refractivity contribution in [2.45, 2.75) is 0 Å². The first-order chi connectivity index (χ1) is 48.7. The van der Waals surface area contributed by atoms with Gasteiger partial charge in [-0.15, -0.1) is 11.3 Å². The highest BCUT2D eigenvalue weighted by molar-refractivity contribution is 7.26. The van der Waals surface area contributed by atoms with Crippen molar-refractivity contribution in [3.05, 3.63) is 303 Å². The second kappa shape index (κ2) is 18.7. The Kier molecular flexibility index (Phi) is 9.91. The lowest BCUT2D eigenvalue weighted by atomic mass is 9.84. The van der Waals surface area contributed by atoms with Gasteiger partial charge in [0.25, 0.3) is 0 Å². The summed E-state index contributed by atoms with van der Waals surface area (Å²) in [6, 6.07) is 115. The Morgan fingerprint density at radius 1 is 0.153 bits per heavy atom. The molecule has 24 aromatic rings. The first kappa shape index (κ1) is 51.9. The zero-order valence-electron chi connectivity index (χ0n) is 52.7. The summed E-state index contributed by atoms with van der Waals surface area (Å²) < 4.78 is 9.98. The van der Waals surface area contributed by atoms with Crippen LogP contribution in [-0.2, 0) is 0 Å². The monoisotopic (exact) mass is 1250 g/mol. The molecule has 22 aromatic carbocycles. The van der Waals surface area contributed by atoms with E-state index in [-0.39, 0.29) is 0 Å². The molecule has 0 N–H and O–H groups in total. The standard InChI is InChI=1S/C96H50OS/c1-5-21-51(22-6-1)81-73-47-71-58-30-14-13-29-57(58)60-32-17-36-66(85(60)71)91(73)83(53-25-9-3-10-26-53)93-68-38-19-34-64-87(68)75(95(81)93)49-78-89(64)62-44-42-56(46-77(62)97-78)55-41-43-59-70(45-55)61-33-18-37-67-86(61)72(59)48-74-82(52-23-7-2-8-24-52)96-76-50-80-90(63-31-15-16-40-79(63)98-80)65-35-20-39-69(88(65)76)94(96)84(92(67)74)54-27-11-4-12-28-54/h1-50H. The minimum absolute atomic E-state index is 0.885. The van der Waals surface area contributed by atoms with Crippen molar-refractivity contribution in [2.75, 3.05) is 0 Å². The molecule has 0 saturated carbocycles. The van der Waals surface area contributed by atoms with Gasteiger partial charge in [-0.1, -0.05) is 255 Å². The van der Waals surface area contributed by atoms with Crippen LogP contribution in [0.5, 0.6) is 0 Å². The van der Waals surface area contributed by atoms with Crippen molar-refractivity contribution in [3.63, 3.8) is 0 Å². The predicted octanol–water partition coefficient (Wildman–Crippen LogP) is 28.2. The fraction of sp³-hybridized carbons (Fsp3) is 0. The molecule has 0 radical (unpaired) electrons. The second-order valence-electron chi connectivity index (χ2n) is 27.4. The fourth-order valence-corrected chi connectivity index (χ4v) is 20.2. The van der Waals surface area contributed by atoms with Crippen molar-refractivity contribution < 1.29 is 4.42 Å². The van der Waals surface area contributed by atoms with Crippen LogP contribution in [0.15, 0.2) is 308 Å². The molecule has 0 aliphatic rings. The highest BCUT2D eigenvalue weighted by atomic mass is 32.1. The minimum atomic E-state index is 0.885. The summed E-state index contributed by atoms with van der Waals surface area (Å²) in [5, 5.41) is 41.1. The maximum atomic E-state index is 7.33. The summed E-state index contributed by atoms with van der Waals surface area (Å²) in [6.07, 6.45) is 0. The van der Waals surface area contributed by atoms with E-state index in [4.69, 9.17) is 4.42 Å². The largest absolute Gasteiger partial charge is 0.456 e. The first-order valence-corrected chi connectivity index (χ1v) is 34.9. The van der Waals surface area contributed by atoms with Gasteiger partial charge in [-0.25, -0.2) is 0 Å². The molecule has 24 rings (SSSR count). The number of hydrogen-bond acceptors (Lipinski definition) is 2. The van der Waals surface area contributed by atoms with Gasteiger partial charge >= 0.3 is 0 Å². The van der Waals surface area contributed by atoms with Gasteiger partial charge < -0.3 is 4.42 Å². The van der Waals surface area contributed by atoms with Gasteiger partial charge in [0.15, 0.2) is 0 Å². The van der Waals surface area contributed by atoms with Crippen molar-refractivity contribution in [2.24, 2.45) is 0 Å². The van der Waals surface area contributed by atoms with E-state index in [0.29, 0.717) is 0 Å². The fourth-order valence-electron chi connectivity index (χ4n) is 19.0. The number of rotatable bonds is 5. The zero-order chi connectivity index (χ0) is 63.3. The molecule has 0 unspecified atom stereocenters. The highest BCUT2D eigenvalue weighted by Crippen LogP contribution is 2.59. The van der Waals surface area contributed by atoms with E-state index in [1.54, 1.807) is 0 Å². The van der Waals surface area contributed by atoms with Crippen LogP contribution in [0.2, 0.25) is 0 Å². The van der Waals surface area contributed by atoms with Gasteiger partial charge in [-0.05, 0) is 255 Å². The molecule has 98 heavy (non-hydrogen) atoms. The van der Waals surface area contributed by atoms with Gasteiger partial charge in [-0.3, -0.25) is 0 Å². The van der Waals surface area contributed by atoms with E-state index in [1.807, 2.05) is 11.3 Å².